The number of nitrogens with zero attached hydrogens (tertiary/aromatic N) is 4. The first-order chi connectivity index (χ1) is 16.0. The lowest BCUT2D eigenvalue weighted by Gasteiger charge is -2.34. The number of likely N-dealkylation sites (tertiary alicyclic amines) is 1. The van der Waals surface area contributed by atoms with Gasteiger partial charge in [0.25, 0.3) is 0 Å². The zero-order chi connectivity index (χ0) is 22.9. The second kappa shape index (κ2) is 9.26. The smallest absolute Gasteiger partial charge is 0.220 e. The van der Waals surface area contributed by atoms with Crippen LogP contribution < -0.4 is 5.32 Å². The molecule has 1 aliphatic heterocycles. The first kappa shape index (κ1) is 22.1. The molecule has 33 heavy (non-hydrogen) atoms. The molecule has 2 aliphatic rings. The number of aromatic nitrogens is 3. The van der Waals surface area contributed by atoms with Gasteiger partial charge in [-0.15, -0.1) is 0 Å². The number of hydrogen-bond donors (Lipinski definition) is 1. The van der Waals surface area contributed by atoms with Crippen LogP contribution in [0.15, 0.2) is 30.3 Å². The van der Waals surface area contributed by atoms with E-state index in [1.54, 1.807) is 0 Å². The Balaban J connectivity index is 1.38. The van der Waals surface area contributed by atoms with E-state index in [1.807, 2.05) is 4.52 Å². The number of rotatable bonds is 7. The van der Waals surface area contributed by atoms with Crippen LogP contribution in [-0.2, 0) is 17.8 Å². The molecule has 1 atom stereocenters. The van der Waals surface area contributed by atoms with Crippen LogP contribution >= 0.6 is 0 Å². The van der Waals surface area contributed by atoms with Crippen LogP contribution in [0.1, 0.15) is 78.3 Å². The molecule has 2 aromatic heterocycles. The molecular formula is C27H35N5O. The average molecular weight is 446 g/mol. The molecule has 1 N–H and O–H groups in total. The van der Waals surface area contributed by atoms with Crippen molar-refractivity contribution in [1.82, 2.24) is 24.8 Å². The standard InChI is InChI=1S/C27H35N5O/c1-18-7-6-8-21(15-18)17-31-14-5-4-9-25(31)24-16-26-28-19(2)23(20(3)32(26)30-24)12-13-27(33)29-22-10-11-22/h6-8,15-16,22,25H,4-5,9-14,17H2,1-3H3,(H,29,33)/t25-/m0/s1. The molecule has 2 fully saturated rings. The van der Waals surface area contributed by atoms with Gasteiger partial charge >= 0.3 is 0 Å². The Morgan fingerprint density at radius 1 is 1.12 bits per heavy atom. The topological polar surface area (TPSA) is 62.5 Å². The van der Waals surface area contributed by atoms with E-state index in [2.05, 4.69) is 61.3 Å². The lowest BCUT2D eigenvalue weighted by atomic mass is 9.98. The van der Waals surface area contributed by atoms with Gasteiger partial charge < -0.3 is 5.32 Å². The predicted octanol–water partition coefficient (Wildman–Crippen LogP) is 4.59. The van der Waals surface area contributed by atoms with Crippen molar-refractivity contribution in [3.8, 4) is 0 Å². The Bertz CT molecular complexity index is 1160. The maximum Gasteiger partial charge on any atom is 0.220 e. The van der Waals surface area contributed by atoms with Crippen molar-refractivity contribution >= 4 is 11.6 Å². The van der Waals surface area contributed by atoms with E-state index in [1.165, 1.54) is 24.0 Å². The number of hydrogen-bond acceptors (Lipinski definition) is 4. The van der Waals surface area contributed by atoms with Crippen LogP contribution in [-0.4, -0.2) is 38.0 Å². The van der Waals surface area contributed by atoms with Gasteiger partial charge in [0.1, 0.15) is 0 Å². The fraction of sp³-hybridized carbons (Fsp3) is 0.519. The highest BCUT2D eigenvalue weighted by Crippen LogP contribution is 2.32. The second-order valence-corrected chi connectivity index (χ2v) is 9.91. The Labute approximate surface area is 196 Å². The van der Waals surface area contributed by atoms with Crippen LogP contribution in [0.25, 0.3) is 5.65 Å². The molecule has 1 aliphatic carbocycles. The zero-order valence-electron chi connectivity index (χ0n) is 20.1. The van der Waals surface area contributed by atoms with E-state index < -0.39 is 0 Å². The van der Waals surface area contributed by atoms with Crippen LogP contribution in [0, 0.1) is 20.8 Å². The molecule has 6 heteroatoms. The van der Waals surface area contributed by atoms with Crippen LogP contribution in [0.5, 0.6) is 0 Å². The Kier molecular flexibility index (Phi) is 6.19. The van der Waals surface area contributed by atoms with E-state index in [9.17, 15) is 4.79 Å². The second-order valence-electron chi connectivity index (χ2n) is 9.91. The van der Waals surface area contributed by atoms with Crippen LogP contribution in [0.4, 0.5) is 0 Å². The lowest BCUT2D eigenvalue weighted by molar-refractivity contribution is -0.121. The Hall–Kier alpha value is -2.73. The third-order valence-electron chi connectivity index (χ3n) is 7.15. The summed E-state index contributed by atoms with van der Waals surface area (Å²) >= 11 is 0. The summed E-state index contributed by atoms with van der Waals surface area (Å²) in [5.41, 5.74) is 7.94. The molecule has 1 saturated heterocycles. The highest BCUT2D eigenvalue weighted by Gasteiger charge is 2.27. The van der Waals surface area contributed by atoms with Crippen molar-refractivity contribution in [2.24, 2.45) is 0 Å². The molecule has 0 spiro atoms. The van der Waals surface area contributed by atoms with Gasteiger partial charge in [-0.05, 0) is 70.5 Å². The van der Waals surface area contributed by atoms with Gasteiger partial charge in [-0.1, -0.05) is 36.2 Å². The molecule has 3 aromatic rings. The number of carbonyl (C=O) groups excluding carboxylic acids is 1. The number of piperidine rings is 1. The van der Waals surface area contributed by atoms with Crippen molar-refractivity contribution in [3.63, 3.8) is 0 Å². The maximum atomic E-state index is 12.2. The van der Waals surface area contributed by atoms with Crippen LogP contribution in [0.3, 0.4) is 0 Å². The quantitative estimate of drug-likeness (QED) is 0.578. The minimum absolute atomic E-state index is 0.145. The molecule has 5 rings (SSSR count). The van der Waals surface area contributed by atoms with Gasteiger partial charge in [0.15, 0.2) is 5.65 Å². The van der Waals surface area contributed by atoms with E-state index in [0.717, 1.165) is 60.6 Å². The SMILES string of the molecule is Cc1cccc(CN2CCCC[C@H]2c2cc3nc(C)c(CCC(=O)NC4CC4)c(C)n3n2)c1. The number of nitrogens with one attached hydrogen (secondary N) is 1. The fourth-order valence-electron chi connectivity index (χ4n) is 5.20. The molecule has 0 unspecified atom stereocenters. The summed E-state index contributed by atoms with van der Waals surface area (Å²) in [4.78, 5) is 19.7. The molecule has 174 valence electrons. The maximum absolute atomic E-state index is 12.2. The summed E-state index contributed by atoms with van der Waals surface area (Å²) < 4.78 is 2.00. The summed E-state index contributed by atoms with van der Waals surface area (Å²) in [6, 6.07) is 11.7. The minimum atomic E-state index is 0.145. The normalized spacial score (nSPS) is 19.2. The number of amides is 1. The van der Waals surface area contributed by atoms with Gasteiger partial charge in [0.05, 0.1) is 11.7 Å². The molecule has 1 aromatic carbocycles. The fourth-order valence-corrected chi connectivity index (χ4v) is 5.20. The van der Waals surface area contributed by atoms with Crippen molar-refractivity contribution in [1.29, 1.82) is 0 Å². The van der Waals surface area contributed by atoms with Gasteiger partial charge in [0.2, 0.25) is 5.91 Å². The van der Waals surface area contributed by atoms with Crippen molar-refractivity contribution in [2.75, 3.05) is 6.54 Å². The van der Waals surface area contributed by atoms with Gasteiger partial charge in [-0.25, -0.2) is 9.50 Å². The summed E-state index contributed by atoms with van der Waals surface area (Å²) in [5.74, 6) is 0.145. The van der Waals surface area contributed by atoms with Crippen molar-refractivity contribution < 1.29 is 4.79 Å². The van der Waals surface area contributed by atoms with E-state index in [0.29, 0.717) is 24.9 Å². The van der Waals surface area contributed by atoms with E-state index >= 15 is 0 Å². The lowest BCUT2D eigenvalue weighted by Crippen LogP contribution is -2.33. The molecular weight excluding hydrogens is 410 g/mol. The van der Waals surface area contributed by atoms with Crippen LogP contribution in [0.2, 0.25) is 0 Å². The largest absolute Gasteiger partial charge is 0.353 e. The molecule has 1 saturated carbocycles. The monoisotopic (exact) mass is 445 g/mol. The van der Waals surface area contributed by atoms with E-state index in [-0.39, 0.29) is 5.91 Å². The average Bonchev–Trinajstić information content (AvgIpc) is 3.49. The third kappa shape index (κ3) is 4.96. The number of benzene rings is 1. The summed E-state index contributed by atoms with van der Waals surface area (Å²) in [6.45, 7) is 8.37. The predicted molar refractivity (Wildman–Crippen MR) is 130 cm³/mol. The molecule has 1 amide bonds. The highest BCUT2D eigenvalue weighted by atomic mass is 16.1. The Morgan fingerprint density at radius 3 is 2.76 bits per heavy atom. The molecule has 3 heterocycles. The Morgan fingerprint density at radius 2 is 1.97 bits per heavy atom. The first-order valence-electron chi connectivity index (χ1n) is 12.4. The van der Waals surface area contributed by atoms with Gasteiger partial charge in [-0.2, -0.15) is 5.10 Å². The van der Waals surface area contributed by atoms with E-state index in [4.69, 9.17) is 10.1 Å². The van der Waals surface area contributed by atoms with Gasteiger partial charge in [-0.3, -0.25) is 9.69 Å². The van der Waals surface area contributed by atoms with Gasteiger partial charge in [0, 0.05) is 36.5 Å². The number of aryl methyl sites for hydroxylation is 3. The minimum Gasteiger partial charge on any atom is -0.353 e. The first-order valence-corrected chi connectivity index (χ1v) is 12.4. The summed E-state index contributed by atoms with van der Waals surface area (Å²) in [5, 5.41) is 8.13. The highest BCUT2D eigenvalue weighted by molar-refractivity contribution is 5.76. The molecule has 0 radical (unpaired) electrons. The summed E-state index contributed by atoms with van der Waals surface area (Å²) in [6.07, 6.45) is 7.05. The zero-order valence-corrected chi connectivity index (χ0v) is 20.1. The number of fused-ring (bicyclic) bond motifs is 1. The molecule has 0 bridgehead atoms. The van der Waals surface area contributed by atoms with Crippen molar-refractivity contribution in [2.45, 2.75) is 84.3 Å². The third-order valence-corrected chi connectivity index (χ3v) is 7.15. The number of carbonyl (C=O) groups is 1. The molecule has 6 nitrogen and oxygen atoms in total. The van der Waals surface area contributed by atoms with Crippen molar-refractivity contribution in [3.05, 3.63) is 64.1 Å². The summed E-state index contributed by atoms with van der Waals surface area (Å²) in [7, 11) is 0.